The highest BCUT2D eigenvalue weighted by Crippen LogP contribution is 2.10. The third-order valence-corrected chi connectivity index (χ3v) is 2.95. The molecule has 1 heterocycles. The molecule has 96 valence electrons. The van der Waals surface area contributed by atoms with Crippen LogP contribution in [0.2, 0.25) is 0 Å². The number of benzene rings is 1. The van der Waals surface area contributed by atoms with E-state index in [9.17, 15) is 4.39 Å². The highest BCUT2D eigenvalue weighted by atomic mass is 19.1. The number of rotatable bonds is 4. The Hall–Kier alpha value is -2.25. The van der Waals surface area contributed by atoms with Crippen molar-refractivity contribution >= 4 is 0 Å². The fourth-order valence-corrected chi connectivity index (χ4v) is 1.79. The van der Waals surface area contributed by atoms with Crippen LogP contribution in [0.15, 0.2) is 36.7 Å². The smallest absolute Gasteiger partial charge is 0.129 e. The van der Waals surface area contributed by atoms with Gasteiger partial charge in [0.15, 0.2) is 0 Å². The monoisotopic (exact) mass is 255 g/mol. The molecule has 0 radical (unpaired) electrons. The molecular weight excluding hydrogens is 241 g/mol. The van der Waals surface area contributed by atoms with Gasteiger partial charge in [0.1, 0.15) is 5.82 Å². The predicted octanol–water partition coefficient (Wildman–Crippen LogP) is 2.69. The Bertz CT molecular complexity index is 617. The maximum Gasteiger partial charge on any atom is 0.129 e. The standard InChI is InChI=1S/C15H14FN3/c1-11-8-18-5-4-13(11)9-19-10-14-3-2-12(7-17)6-15(14)16/h2-6,8,19H,9-10H2,1H3. The van der Waals surface area contributed by atoms with Crippen LogP contribution in [0.1, 0.15) is 22.3 Å². The summed E-state index contributed by atoms with van der Waals surface area (Å²) in [5.74, 6) is -0.349. The number of hydrogen-bond donors (Lipinski definition) is 1. The zero-order valence-electron chi connectivity index (χ0n) is 10.7. The third-order valence-electron chi connectivity index (χ3n) is 2.95. The lowest BCUT2D eigenvalue weighted by atomic mass is 10.1. The summed E-state index contributed by atoms with van der Waals surface area (Å²) < 4.78 is 13.6. The summed E-state index contributed by atoms with van der Waals surface area (Å²) in [5.41, 5.74) is 3.15. The first-order valence-corrected chi connectivity index (χ1v) is 5.99. The molecule has 4 heteroatoms. The third kappa shape index (κ3) is 3.36. The molecule has 19 heavy (non-hydrogen) atoms. The summed E-state index contributed by atoms with van der Waals surface area (Å²) in [5, 5.41) is 11.9. The number of halogens is 1. The topological polar surface area (TPSA) is 48.7 Å². The van der Waals surface area contributed by atoms with Crippen molar-refractivity contribution in [2.45, 2.75) is 20.0 Å². The van der Waals surface area contributed by atoms with E-state index in [0.29, 0.717) is 24.2 Å². The van der Waals surface area contributed by atoms with Crippen LogP contribution >= 0.6 is 0 Å². The van der Waals surface area contributed by atoms with Crippen LogP contribution in [0, 0.1) is 24.1 Å². The maximum absolute atomic E-state index is 13.6. The molecule has 0 aliphatic rings. The van der Waals surface area contributed by atoms with Gasteiger partial charge in [-0.05, 0) is 36.2 Å². The van der Waals surface area contributed by atoms with E-state index in [4.69, 9.17) is 5.26 Å². The van der Waals surface area contributed by atoms with Crippen LogP contribution in [0.25, 0.3) is 0 Å². The van der Waals surface area contributed by atoms with Gasteiger partial charge < -0.3 is 5.32 Å². The van der Waals surface area contributed by atoms with Crippen LogP contribution < -0.4 is 5.32 Å². The van der Waals surface area contributed by atoms with Gasteiger partial charge in [-0.15, -0.1) is 0 Å². The molecule has 0 unspecified atom stereocenters. The van der Waals surface area contributed by atoms with Crippen LogP contribution in [-0.4, -0.2) is 4.98 Å². The summed E-state index contributed by atoms with van der Waals surface area (Å²) in [6.45, 7) is 3.08. The van der Waals surface area contributed by atoms with E-state index in [1.54, 1.807) is 24.5 Å². The molecule has 0 saturated carbocycles. The molecule has 3 nitrogen and oxygen atoms in total. The molecule has 2 aromatic rings. The Morgan fingerprint density at radius 1 is 1.26 bits per heavy atom. The summed E-state index contributed by atoms with van der Waals surface area (Å²) in [6, 6.07) is 8.38. The van der Waals surface area contributed by atoms with E-state index in [-0.39, 0.29) is 5.82 Å². The Kier molecular flexibility index (Phi) is 4.22. The van der Waals surface area contributed by atoms with E-state index >= 15 is 0 Å². The predicted molar refractivity (Wildman–Crippen MR) is 70.6 cm³/mol. The lowest BCUT2D eigenvalue weighted by Crippen LogP contribution is -2.14. The summed E-state index contributed by atoms with van der Waals surface area (Å²) in [4.78, 5) is 4.03. The van der Waals surface area contributed by atoms with Crippen LogP contribution in [0.5, 0.6) is 0 Å². The second kappa shape index (κ2) is 6.07. The molecule has 0 aliphatic heterocycles. The number of pyridine rings is 1. The SMILES string of the molecule is Cc1cnccc1CNCc1ccc(C#N)cc1F. The van der Waals surface area contributed by atoms with Crippen molar-refractivity contribution in [2.24, 2.45) is 0 Å². The fourth-order valence-electron chi connectivity index (χ4n) is 1.79. The number of nitriles is 1. The van der Waals surface area contributed by atoms with E-state index < -0.39 is 0 Å². The van der Waals surface area contributed by atoms with Crippen molar-refractivity contribution in [2.75, 3.05) is 0 Å². The van der Waals surface area contributed by atoms with Gasteiger partial charge in [-0.25, -0.2) is 4.39 Å². The first-order valence-electron chi connectivity index (χ1n) is 5.99. The van der Waals surface area contributed by atoms with Crippen LogP contribution in [0.4, 0.5) is 4.39 Å². The highest BCUT2D eigenvalue weighted by molar-refractivity contribution is 5.32. The molecule has 0 saturated heterocycles. The summed E-state index contributed by atoms with van der Waals surface area (Å²) >= 11 is 0. The molecule has 1 N–H and O–H groups in total. The Labute approximate surface area is 111 Å². The fraction of sp³-hybridized carbons (Fsp3) is 0.200. The second-order valence-electron chi connectivity index (χ2n) is 4.32. The molecular formula is C15H14FN3. The van der Waals surface area contributed by atoms with Crippen molar-refractivity contribution in [3.8, 4) is 6.07 Å². The maximum atomic E-state index is 13.6. The van der Waals surface area contributed by atoms with Gasteiger partial charge in [0.25, 0.3) is 0 Å². The highest BCUT2D eigenvalue weighted by Gasteiger charge is 2.04. The molecule has 0 aliphatic carbocycles. The largest absolute Gasteiger partial charge is 0.308 e. The molecule has 0 atom stereocenters. The Balaban J connectivity index is 1.97. The van der Waals surface area contributed by atoms with Crippen molar-refractivity contribution in [1.29, 1.82) is 5.26 Å². The zero-order chi connectivity index (χ0) is 13.7. The molecule has 1 aromatic heterocycles. The summed E-state index contributed by atoms with van der Waals surface area (Å²) in [6.07, 6.45) is 3.55. The van der Waals surface area contributed by atoms with E-state index in [2.05, 4.69) is 10.3 Å². The van der Waals surface area contributed by atoms with Crippen molar-refractivity contribution in [3.63, 3.8) is 0 Å². The molecule has 0 amide bonds. The lowest BCUT2D eigenvalue weighted by Gasteiger charge is -2.08. The number of aromatic nitrogens is 1. The second-order valence-corrected chi connectivity index (χ2v) is 4.32. The minimum atomic E-state index is -0.349. The van der Waals surface area contributed by atoms with Gasteiger partial charge in [0, 0.05) is 31.0 Å². The Morgan fingerprint density at radius 3 is 2.74 bits per heavy atom. The molecule has 0 bridgehead atoms. The molecule has 0 fully saturated rings. The number of hydrogen-bond acceptors (Lipinski definition) is 3. The van der Waals surface area contributed by atoms with E-state index in [1.165, 1.54) is 6.07 Å². The number of nitrogens with zero attached hydrogens (tertiary/aromatic N) is 2. The lowest BCUT2D eigenvalue weighted by molar-refractivity contribution is 0.587. The average molecular weight is 255 g/mol. The molecule has 2 rings (SSSR count). The average Bonchev–Trinajstić information content (AvgIpc) is 2.42. The van der Waals surface area contributed by atoms with Gasteiger partial charge >= 0.3 is 0 Å². The van der Waals surface area contributed by atoms with Gasteiger partial charge in [0.05, 0.1) is 11.6 Å². The van der Waals surface area contributed by atoms with Crippen LogP contribution in [0.3, 0.4) is 0 Å². The zero-order valence-corrected chi connectivity index (χ0v) is 10.7. The number of nitrogens with one attached hydrogen (secondary N) is 1. The van der Waals surface area contributed by atoms with Gasteiger partial charge in [-0.1, -0.05) is 6.07 Å². The normalized spacial score (nSPS) is 10.2. The van der Waals surface area contributed by atoms with Crippen molar-refractivity contribution < 1.29 is 4.39 Å². The quantitative estimate of drug-likeness (QED) is 0.913. The van der Waals surface area contributed by atoms with E-state index in [1.807, 2.05) is 19.1 Å². The molecule has 1 aromatic carbocycles. The van der Waals surface area contributed by atoms with E-state index in [0.717, 1.165) is 11.1 Å². The molecule has 0 spiro atoms. The Morgan fingerprint density at radius 2 is 2.05 bits per heavy atom. The first-order chi connectivity index (χ1) is 9.20. The first kappa shape index (κ1) is 13.2. The number of aryl methyl sites for hydroxylation is 1. The van der Waals surface area contributed by atoms with Crippen LogP contribution in [-0.2, 0) is 13.1 Å². The van der Waals surface area contributed by atoms with Gasteiger partial charge in [-0.2, -0.15) is 5.26 Å². The van der Waals surface area contributed by atoms with Gasteiger partial charge in [-0.3, -0.25) is 4.98 Å². The summed E-state index contributed by atoms with van der Waals surface area (Å²) in [7, 11) is 0. The van der Waals surface area contributed by atoms with Crippen molar-refractivity contribution in [1.82, 2.24) is 10.3 Å². The van der Waals surface area contributed by atoms with Crippen molar-refractivity contribution in [3.05, 3.63) is 64.7 Å². The van der Waals surface area contributed by atoms with Gasteiger partial charge in [0.2, 0.25) is 0 Å². The minimum Gasteiger partial charge on any atom is -0.308 e. The minimum absolute atomic E-state index is 0.339.